The summed E-state index contributed by atoms with van der Waals surface area (Å²) >= 11 is 3.25. The highest BCUT2D eigenvalue weighted by Gasteiger charge is 2.12. The van der Waals surface area contributed by atoms with Gasteiger partial charge in [0.05, 0.1) is 12.1 Å². The minimum Gasteiger partial charge on any atom is -0.481 e. The van der Waals surface area contributed by atoms with Gasteiger partial charge in [-0.25, -0.2) is 4.98 Å². The number of H-pyrrole nitrogens is 2. The zero-order valence-corrected chi connectivity index (χ0v) is 9.91. The van der Waals surface area contributed by atoms with E-state index in [1.54, 1.807) is 6.20 Å². The van der Waals surface area contributed by atoms with Crippen LogP contribution in [0, 0.1) is 0 Å². The SMILES string of the molecule is O=C(O)CCc1[nH]c(Br)nc1-c1cc[nH]c1. The molecule has 16 heavy (non-hydrogen) atoms. The maximum atomic E-state index is 10.5. The summed E-state index contributed by atoms with van der Waals surface area (Å²) in [7, 11) is 0. The van der Waals surface area contributed by atoms with Crippen molar-refractivity contribution in [2.75, 3.05) is 0 Å². The van der Waals surface area contributed by atoms with Gasteiger partial charge in [-0.05, 0) is 22.0 Å². The third kappa shape index (κ3) is 2.33. The van der Waals surface area contributed by atoms with Gasteiger partial charge in [-0.15, -0.1) is 0 Å². The fourth-order valence-corrected chi connectivity index (χ4v) is 1.92. The van der Waals surface area contributed by atoms with Crippen LogP contribution in [0.1, 0.15) is 12.1 Å². The zero-order chi connectivity index (χ0) is 11.5. The largest absolute Gasteiger partial charge is 0.481 e. The lowest BCUT2D eigenvalue weighted by molar-refractivity contribution is -0.136. The van der Waals surface area contributed by atoms with Gasteiger partial charge in [0.15, 0.2) is 4.73 Å². The number of aryl methyl sites for hydroxylation is 1. The molecule has 0 bridgehead atoms. The normalized spacial score (nSPS) is 10.6. The van der Waals surface area contributed by atoms with Gasteiger partial charge in [-0.2, -0.15) is 0 Å². The van der Waals surface area contributed by atoms with E-state index in [0.29, 0.717) is 11.2 Å². The number of rotatable bonds is 4. The number of hydrogen-bond donors (Lipinski definition) is 3. The van der Waals surface area contributed by atoms with E-state index in [0.717, 1.165) is 17.0 Å². The van der Waals surface area contributed by atoms with Crippen LogP contribution in [0.3, 0.4) is 0 Å². The molecule has 84 valence electrons. The maximum Gasteiger partial charge on any atom is 0.303 e. The number of aliphatic carboxylic acids is 1. The Morgan fingerprint density at radius 1 is 1.56 bits per heavy atom. The second kappa shape index (κ2) is 4.52. The Balaban J connectivity index is 2.27. The Morgan fingerprint density at radius 3 is 3.00 bits per heavy atom. The van der Waals surface area contributed by atoms with Crippen LogP contribution in [0.5, 0.6) is 0 Å². The molecule has 0 unspecified atom stereocenters. The topological polar surface area (TPSA) is 81.8 Å². The van der Waals surface area contributed by atoms with Gasteiger partial charge < -0.3 is 15.1 Å². The van der Waals surface area contributed by atoms with Crippen LogP contribution < -0.4 is 0 Å². The van der Waals surface area contributed by atoms with Crippen LogP contribution in [0.25, 0.3) is 11.3 Å². The fourth-order valence-electron chi connectivity index (χ4n) is 1.50. The van der Waals surface area contributed by atoms with Gasteiger partial charge in [0, 0.05) is 30.1 Å². The van der Waals surface area contributed by atoms with Crippen LogP contribution in [0.4, 0.5) is 0 Å². The Morgan fingerprint density at radius 2 is 2.38 bits per heavy atom. The first-order valence-corrected chi connectivity index (χ1v) is 5.55. The number of aromatic amines is 2. The summed E-state index contributed by atoms with van der Waals surface area (Å²) in [6, 6.07) is 1.90. The molecule has 2 aromatic heterocycles. The van der Waals surface area contributed by atoms with Crippen molar-refractivity contribution >= 4 is 21.9 Å². The molecule has 0 saturated carbocycles. The van der Waals surface area contributed by atoms with Gasteiger partial charge in [0.1, 0.15) is 0 Å². The highest BCUT2D eigenvalue weighted by atomic mass is 79.9. The fraction of sp³-hybridized carbons (Fsp3) is 0.200. The monoisotopic (exact) mass is 283 g/mol. The van der Waals surface area contributed by atoms with E-state index < -0.39 is 5.97 Å². The zero-order valence-electron chi connectivity index (χ0n) is 8.33. The van der Waals surface area contributed by atoms with Crippen molar-refractivity contribution in [1.82, 2.24) is 15.0 Å². The Hall–Kier alpha value is -1.56. The Kier molecular flexibility index (Phi) is 3.09. The first-order valence-electron chi connectivity index (χ1n) is 4.76. The number of aromatic nitrogens is 3. The molecule has 0 aliphatic carbocycles. The van der Waals surface area contributed by atoms with Crippen molar-refractivity contribution in [3.05, 3.63) is 28.9 Å². The molecule has 2 heterocycles. The third-order valence-electron chi connectivity index (χ3n) is 2.21. The summed E-state index contributed by atoms with van der Waals surface area (Å²) in [5.74, 6) is -0.814. The molecule has 0 aromatic carbocycles. The lowest BCUT2D eigenvalue weighted by atomic mass is 10.1. The second-order valence-corrected chi connectivity index (χ2v) is 4.10. The van der Waals surface area contributed by atoms with Crippen LogP contribution in [0.2, 0.25) is 0 Å². The predicted molar refractivity (Wildman–Crippen MR) is 62.0 cm³/mol. The average Bonchev–Trinajstić information content (AvgIpc) is 2.82. The van der Waals surface area contributed by atoms with Gasteiger partial charge >= 0.3 is 5.97 Å². The smallest absolute Gasteiger partial charge is 0.303 e. The first kappa shape index (κ1) is 10.9. The number of halogens is 1. The van der Waals surface area contributed by atoms with Crippen molar-refractivity contribution in [2.24, 2.45) is 0 Å². The molecule has 3 N–H and O–H groups in total. The third-order valence-corrected chi connectivity index (χ3v) is 2.59. The molecule has 0 aliphatic rings. The quantitative estimate of drug-likeness (QED) is 0.804. The molecule has 0 fully saturated rings. The van der Waals surface area contributed by atoms with Crippen molar-refractivity contribution in [2.45, 2.75) is 12.8 Å². The minimum atomic E-state index is -0.814. The van der Waals surface area contributed by atoms with Crippen molar-refractivity contribution in [1.29, 1.82) is 0 Å². The second-order valence-electron chi connectivity index (χ2n) is 3.35. The van der Waals surface area contributed by atoms with Gasteiger partial charge in [0.25, 0.3) is 0 Å². The van der Waals surface area contributed by atoms with Gasteiger partial charge in [-0.1, -0.05) is 0 Å². The molecule has 2 aromatic rings. The summed E-state index contributed by atoms with van der Waals surface area (Å²) in [5, 5.41) is 8.65. The van der Waals surface area contributed by atoms with E-state index in [2.05, 4.69) is 30.9 Å². The average molecular weight is 284 g/mol. The molecular formula is C10H10BrN3O2. The molecule has 0 saturated heterocycles. The number of nitrogens with zero attached hydrogens (tertiary/aromatic N) is 1. The maximum absolute atomic E-state index is 10.5. The number of hydrogen-bond acceptors (Lipinski definition) is 2. The van der Waals surface area contributed by atoms with Gasteiger partial charge in [-0.3, -0.25) is 4.79 Å². The summed E-state index contributed by atoms with van der Waals surface area (Å²) in [4.78, 5) is 20.8. The van der Waals surface area contributed by atoms with Crippen LogP contribution in [-0.4, -0.2) is 26.0 Å². The van der Waals surface area contributed by atoms with Crippen LogP contribution in [0.15, 0.2) is 23.2 Å². The van der Waals surface area contributed by atoms with E-state index >= 15 is 0 Å². The number of carbonyl (C=O) groups is 1. The first-order chi connectivity index (χ1) is 7.66. The van der Waals surface area contributed by atoms with E-state index in [1.807, 2.05) is 12.3 Å². The summed E-state index contributed by atoms with van der Waals surface area (Å²) < 4.78 is 0.615. The summed E-state index contributed by atoms with van der Waals surface area (Å²) in [6.45, 7) is 0. The molecule has 6 heteroatoms. The molecule has 2 rings (SSSR count). The molecule has 0 aliphatic heterocycles. The van der Waals surface area contributed by atoms with Crippen molar-refractivity contribution < 1.29 is 9.90 Å². The number of nitrogens with one attached hydrogen (secondary N) is 2. The number of carboxylic acid groups (broad SMARTS) is 1. The van der Waals surface area contributed by atoms with Crippen molar-refractivity contribution in [3.8, 4) is 11.3 Å². The van der Waals surface area contributed by atoms with Crippen molar-refractivity contribution in [3.63, 3.8) is 0 Å². The summed E-state index contributed by atoms with van der Waals surface area (Å²) in [6.07, 6.45) is 4.16. The number of imidazole rings is 1. The minimum absolute atomic E-state index is 0.0893. The van der Waals surface area contributed by atoms with E-state index in [4.69, 9.17) is 5.11 Å². The predicted octanol–water partition coefficient (Wildman–Crippen LogP) is 2.18. The van der Waals surface area contributed by atoms with E-state index in [-0.39, 0.29) is 6.42 Å². The lowest BCUT2D eigenvalue weighted by Gasteiger charge is -1.98. The molecule has 5 nitrogen and oxygen atoms in total. The van der Waals surface area contributed by atoms with E-state index in [9.17, 15) is 4.79 Å². The molecular weight excluding hydrogens is 274 g/mol. The molecule has 0 atom stereocenters. The molecule has 0 radical (unpaired) electrons. The van der Waals surface area contributed by atoms with Crippen LogP contribution in [-0.2, 0) is 11.2 Å². The Bertz CT molecular complexity index is 490. The van der Waals surface area contributed by atoms with Gasteiger partial charge in [0.2, 0.25) is 0 Å². The highest BCUT2D eigenvalue weighted by Crippen LogP contribution is 2.24. The molecule has 0 amide bonds. The molecule has 0 spiro atoms. The van der Waals surface area contributed by atoms with Crippen LogP contribution >= 0.6 is 15.9 Å². The highest BCUT2D eigenvalue weighted by molar-refractivity contribution is 9.10. The standard InChI is InChI=1S/C10H10BrN3O2/c11-10-13-7(1-2-8(15)16)9(14-10)6-3-4-12-5-6/h3-5,12H,1-2H2,(H,13,14)(H,15,16). The van der Waals surface area contributed by atoms with E-state index in [1.165, 1.54) is 0 Å². The Labute approximate surface area is 100 Å². The number of carboxylic acids is 1. The summed E-state index contributed by atoms with van der Waals surface area (Å²) in [5.41, 5.74) is 2.56. The lowest BCUT2D eigenvalue weighted by Crippen LogP contribution is -1.98.